The van der Waals surface area contributed by atoms with Crippen LogP contribution in [0.15, 0.2) is 54.6 Å². The lowest BCUT2D eigenvalue weighted by Gasteiger charge is -2.36. The molecular formula is C21H24FN3O2. The van der Waals surface area contributed by atoms with E-state index < -0.39 is 17.8 Å². The van der Waals surface area contributed by atoms with Gasteiger partial charge in [-0.1, -0.05) is 36.4 Å². The molecule has 1 atom stereocenters. The Bertz CT molecular complexity index is 789. The van der Waals surface area contributed by atoms with Gasteiger partial charge in [0.05, 0.1) is 0 Å². The van der Waals surface area contributed by atoms with Crippen molar-refractivity contribution in [1.82, 2.24) is 15.1 Å². The zero-order chi connectivity index (χ0) is 19.2. The summed E-state index contributed by atoms with van der Waals surface area (Å²) in [7, 11) is 0. The van der Waals surface area contributed by atoms with Gasteiger partial charge in [0, 0.05) is 38.3 Å². The van der Waals surface area contributed by atoms with Gasteiger partial charge in [0.1, 0.15) is 11.9 Å². The van der Waals surface area contributed by atoms with Crippen molar-refractivity contribution < 1.29 is 14.0 Å². The van der Waals surface area contributed by atoms with Crippen LogP contribution < -0.4 is 5.32 Å². The molecule has 0 saturated carbocycles. The summed E-state index contributed by atoms with van der Waals surface area (Å²) in [4.78, 5) is 28.9. The third kappa shape index (κ3) is 5.14. The lowest BCUT2D eigenvalue weighted by molar-refractivity contribution is -0.134. The Kier molecular flexibility index (Phi) is 6.19. The third-order valence-corrected chi connectivity index (χ3v) is 4.74. The first kappa shape index (κ1) is 19.0. The third-order valence-electron chi connectivity index (χ3n) is 4.74. The second-order valence-electron chi connectivity index (χ2n) is 6.79. The molecule has 0 spiro atoms. The molecule has 5 nitrogen and oxygen atoms in total. The highest BCUT2D eigenvalue weighted by atomic mass is 19.1. The van der Waals surface area contributed by atoms with E-state index in [4.69, 9.17) is 0 Å². The van der Waals surface area contributed by atoms with E-state index in [1.165, 1.54) is 23.8 Å². The minimum absolute atomic E-state index is 0.112. The first-order valence-electron chi connectivity index (χ1n) is 9.14. The van der Waals surface area contributed by atoms with Crippen molar-refractivity contribution in [2.24, 2.45) is 0 Å². The summed E-state index contributed by atoms with van der Waals surface area (Å²) in [6, 6.07) is 15.0. The van der Waals surface area contributed by atoms with E-state index in [0.717, 1.165) is 25.7 Å². The predicted molar refractivity (Wildman–Crippen MR) is 102 cm³/mol. The predicted octanol–water partition coefficient (Wildman–Crippen LogP) is 2.29. The molecule has 1 aliphatic rings. The van der Waals surface area contributed by atoms with Crippen molar-refractivity contribution in [1.29, 1.82) is 0 Å². The van der Waals surface area contributed by atoms with E-state index in [-0.39, 0.29) is 11.5 Å². The van der Waals surface area contributed by atoms with E-state index in [2.05, 4.69) is 22.3 Å². The topological polar surface area (TPSA) is 52.7 Å². The number of nitrogens with one attached hydrogen (secondary N) is 1. The van der Waals surface area contributed by atoms with Crippen LogP contribution >= 0.6 is 0 Å². The van der Waals surface area contributed by atoms with Gasteiger partial charge in [-0.25, -0.2) is 4.39 Å². The number of nitrogens with zero attached hydrogens (tertiary/aromatic N) is 2. The number of hydrogen-bond donors (Lipinski definition) is 1. The molecule has 27 heavy (non-hydrogen) atoms. The molecular weight excluding hydrogens is 345 g/mol. The van der Waals surface area contributed by atoms with Gasteiger partial charge >= 0.3 is 0 Å². The monoisotopic (exact) mass is 369 g/mol. The number of hydrogen-bond acceptors (Lipinski definition) is 3. The number of rotatable bonds is 5. The molecule has 1 saturated heterocycles. The van der Waals surface area contributed by atoms with Crippen LogP contribution in [0.1, 0.15) is 22.8 Å². The highest BCUT2D eigenvalue weighted by molar-refractivity contribution is 5.97. The number of carbonyl (C=O) groups excluding carboxylic acids is 2. The van der Waals surface area contributed by atoms with Crippen molar-refractivity contribution in [3.8, 4) is 0 Å². The van der Waals surface area contributed by atoms with Crippen LogP contribution in [0.5, 0.6) is 0 Å². The standard InChI is InChI=1S/C21H24FN3O2/c1-16(23-20(26)18-8-5-9-19(22)14-18)21(27)25-12-10-24(11-13-25)15-17-6-3-2-4-7-17/h2-9,14,16H,10-13,15H2,1H3,(H,23,26)/t16-/m1/s1. The minimum atomic E-state index is -0.651. The summed E-state index contributed by atoms with van der Waals surface area (Å²) >= 11 is 0. The molecule has 0 unspecified atom stereocenters. The Morgan fingerprint density at radius 3 is 2.41 bits per heavy atom. The maximum atomic E-state index is 13.2. The molecule has 0 bridgehead atoms. The van der Waals surface area contributed by atoms with Gasteiger partial charge in [-0.3, -0.25) is 14.5 Å². The SMILES string of the molecule is C[C@@H](NC(=O)c1cccc(F)c1)C(=O)N1CCN(Cc2ccccc2)CC1. The van der Waals surface area contributed by atoms with Crippen LogP contribution in [-0.4, -0.2) is 53.8 Å². The van der Waals surface area contributed by atoms with Crippen molar-refractivity contribution >= 4 is 11.8 Å². The first-order chi connectivity index (χ1) is 13.0. The molecule has 1 heterocycles. The molecule has 0 aliphatic carbocycles. The Morgan fingerprint density at radius 1 is 1.04 bits per heavy atom. The second-order valence-corrected chi connectivity index (χ2v) is 6.79. The highest BCUT2D eigenvalue weighted by Crippen LogP contribution is 2.10. The molecule has 0 aromatic heterocycles. The molecule has 0 radical (unpaired) electrons. The molecule has 1 fully saturated rings. The lowest BCUT2D eigenvalue weighted by atomic mass is 10.1. The maximum Gasteiger partial charge on any atom is 0.252 e. The van der Waals surface area contributed by atoms with Crippen LogP contribution in [0.3, 0.4) is 0 Å². The van der Waals surface area contributed by atoms with Crippen LogP contribution in [-0.2, 0) is 11.3 Å². The van der Waals surface area contributed by atoms with E-state index >= 15 is 0 Å². The molecule has 2 aromatic rings. The lowest BCUT2D eigenvalue weighted by Crippen LogP contribution is -2.53. The van der Waals surface area contributed by atoms with Gasteiger partial charge in [0.2, 0.25) is 5.91 Å². The van der Waals surface area contributed by atoms with E-state index in [9.17, 15) is 14.0 Å². The Hall–Kier alpha value is -2.73. The number of halogens is 1. The molecule has 3 rings (SSSR count). The summed E-state index contributed by atoms with van der Waals surface area (Å²) in [6.07, 6.45) is 0. The molecule has 2 aromatic carbocycles. The maximum absolute atomic E-state index is 13.2. The Balaban J connectivity index is 1.49. The highest BCUT2D eigenvalue weighted by Gasteiger charge is 2.26. The van der Waals surface area contributed by atoms with Gasteiger partial charge in [0.15, 0.2) is 0 Å². The second kappa shape index (κ2) is 8.77. The van der Waals surface area contributed by atoms with E-state index in [1.54, 1.807) is 11.8 Å². The van der Waals surface area contributed by atoms with Gasteiger partial charge in [-0.15, -0.1) is 0 Å². The Labute approximate surface area is 158 Å². The van der Waals surface area contributed by atoms with Gasteiger partial charge in [0.25, 0.3) is 5.91 Å². The molecule has 1 N–H and O–H groups in total. The summed E-state index contributed by atoms with van der Waals surface area (Å²) < 4.78 is 13.2. The number of amides is 2. The summed E-state index contributed by atoms with van der Waals surface area (Å²) in [5.41, 5.74) is 1.47. The van der Waals surface area contributed by atoms with Crippen LogP contribution in [0.2, 0.25) is 0 Å². The zero-order valence-electron chi connectivity index (χ0n) is 15.4. The van der Waals surface area contributed by atoms with Crippen molar-refractivity contribution in [3.63, 3.8) is 0 Å². The smallest absolute Gasteiger partial charge is 0.252 e. The van der Waals surface area contributed by atoms with Gasteiger partial charge in [-0.2, -0.15) is 0 Å². The summed E-state index contributed by atoms with van der Waals surface area (Å²) in [5.74, 6) is -1.03. The van der Waals surface area contributed by atoms with Crippen LogP contribution in [0, 0.1) is 5.82 Å². The van der Waals surface area contributed by atoms with E-state index in [0.29, 0.717) is 13.1 Å². The fourth-order valence-corrected chi connectivity index (χ4v) is 3.21. The quantitative estimate of drug-likeness (QED) is 0.880. The van der Waals surface area contributed by atoms with E-state index in [1.807, 2.05) is 18.2 Å². The molecule has 2 amide bonds. The van der Waals surface area contributed by atoms with Crippen molar-refractivity contribution in [3.05, 3.63) is 71.5 Å². The Morgan fingerprint density at radius 2 is 1.74 bits per heavy atom. The molecule has 1 aliphatic heterocycles. The molecule has 142 valence electrons. The van der Waals surface area contributed by atoms with Crippen molar-refractivity contribution in [2.75, 3.05) is 26.2 Å². The molecule has 6 heteroatoms. The number of carbonyl (C=O) groups is 2. The average molecular weight is 369 g/mol. The van der Waals surface area contributed by atoms with Crippen molar-refractivity contribution in [2.45, 2.75) is 19.5 Å². The number of benzene rings is 2. The largest absolute Gasteiger partial charge is 0.341 e. The minimum Gasteiger partial charge on any atom is -0.341 e. The normalized spacial score (nSPS) is 16.0. The number of piperazine rings is 1. The van der Waals surface area contributed by atoms with Crippen LogP contribution in [0.4, 0.5) is 4.39 Å². The first-order valence-corrected chi connectivity index (χ1v) is 9.14. The average Bonchev–Trinajstić information content (AvgIpc) is 2.69. The van der Waals surface area contributed by atoms with Gasteiger partial charge in [-0.05, 0) is 30.7 Å². The van der Waals surface area contributed by atoms with Crippen LogP contribution in [0.25, 0.3) is 0 Å². The van der Waals surface area contributed by atoms with Gasteiger partial charge < -0.3 is 10.2 Å². The zero-order valence-corrected chi connectivity index (χ0v) is 15.4. The summed E-state index contributed by atoms with van der Waals surface area (Å²) in [6.45, 7) is 5.39. The fraction of sp³-hybridized carbons (Fsp3) is 0.333. The summed E-state index contributed by atoms with van der Waals surface area (Å²) in [5, 5.41) is 2.66. The fourth-order valence-electron chi connectivity index (χ4n) is 3.21.